The van der Waals surface area contributed by atoms with Crippen molar-refractivity contribution < 1.29 is 18.7 Å². The number of carbonyl (C=O) groups excluding carboxylic acids is 2. The van der Waals surface area contributed by atoms with E-state index in [0.29, 0.717) is 17.2 Å². The van der Waals surface area contributed by atoms with Gasteiger partial charge in [-0.15, -0.1) is 0 Å². The van der Waals surface area contributed by atoms with Gasteiger partial charge in [-0.2, -0.15) is 11.3 Å². The van der Waals surface area contributed by atoms with E-state index in [9.17, 15) is 9.59 Å². The predicted octanol–water partition coefficient (Wildman–Crippen LogP) is 3.27. The maximum atomic E-state index is 11.7. The molecule has 1 amide bonds. The summed E-state index contributed by atoms with van der Waals surface area (Å²) < 4.78 is 10.7. The second-order valence-electron chi connectivity index (χ2n) is 5.16. The Balaban J connectivity index is 1.41. The molecule has 6 nitrogen and oxygen atoms in total. The van der Waals surface area contributed by atoms with E-state index in [1.807, 2.05) is 35.7 Å². The van der Waals surface area contributed by atoms with Crippen LogP contribution in [0, 0.1) is 0 Å². The van der Waals surface area contributed by atoms with Crippen LogP contribution in [-0.4, -0.2) is 23.4 Å². The maximum Gasteiger partial charge on any atom is 0.308 e. The van der Waals surface area contributed by atoms with Crippen LogP contribution in [0.3, 0.4) is 0 Å². The highest BCUT2D eigenvalue weighted by molar-refractivity contribution is 7.08. The molecule has 2 aromatic heterocycles. The minimum atomic E-state index is -0.426. The van der Waals surface area contributed by atoms with Gasteiger partial charge in [-0.05, 0) is 11.4 Å². The molecule has 0 radical (unpaired) electrons. The Labute approximate surface area is 148 Å². The number of amides is 1. The Kier molecular flexibility index (Phi) is 5.58. The van der Waals surface area contributed by atoms with E-state index in [2.05, 4.69) is 10.3 Å². The Hall–Kier alpha value is -2.93. The van der Waals surface area contributed by atoms with Crippen molar-refractivity contribution in [1.29, 1.82) is 0 Å². The monoisotopic (exact) mass is 356 g/mol. The average molecular weight is 356 g/mol. The van der Waals surface area contributed by atoms with E-state index in [1.54, 1.807) is 17.6 Å². The molecule has 0 atom stereocenters. The molecule has 0 saturated heterocycles. The van der Waals surface area contributed by atoms with Crippen LogP contribution < -0.4 is 5.32 Å². The third kappa shape index (κ3) is 4.77. The van der Waals surface area contributed by atoms with E-state index < -0.39 is 5.97 Å². The zero-order valence-electron chi connectivity index (χ0n) is 13.3. The van der Waals surface area contributed by atoms with Crippen LogP contribution in [0.1, 0.15) is 22.7 Å². The summed E-state index contributed by atoms with van der Waals surface area (Å²) in [5, 5.41) is 6.24. The highest BCUT2D eigenvalue weighted by Crippen LogP contribution is 2.20. The minimum absolute atomic E-state index is 0.0376. The molecular formula is C18H16N2O4S. The number of thiophene rings is 1. The van der Waals surface area contributed by atoms with E-state index in [4.69, 9.17) is 9.15 Å². The molecule has 0 fully saturated rings. The SMILES string of the molecule is O=C(CCNC(=O)c1ccsc1)OCc1ncc(-c2ccccc2)o1. The number of nitrogens with one attached hydrogen (secondary N) is 1. The lowest BCUT2D eigenvalue weighted by atomic mass is 10.2. The van der Waals surface area contributed by atoms with Crippen LogP contribution in [-0.2, 0) is 16.1 Å². The zero-order valence-corrected chi connectivity index (χ0v) is 14.1. The average Bonchev–Trinajstić information content (AvgIpc) is 3.32. The first-order chi connectivity index (χ1) is 12.2. The molecule has 128 valence electrons. The Morgan fingerprint density at radius 1 is 1.20 bits per heavy atom. The Morgan fingerprint density at radius 3 is 2.80 bits per heavy atom. The van der Waals surface area contributed by atoms with E-state index in [0.717, 1.165) is 5.56 Å². The summed E-state index contributed by atoms with van der Waals surface area (Å²) in [5.41, 5.74) is 1.50. The quantitative estimate of drug-likeness (QED) is 0.657. The third-order valence-corrected chi connectivity index (χ3v) is 4.05. The lowest BCUT2D eigenvalue weighted by Crippen LogP contribution is -2.26. The molecule has 25 heavy (non-hydrogen) atoms. The molecule has 0 unspecified atom stereocenters. The molecule has 1 aromatic carbocycles. The second-order valence-corrected chi connectivity index (χ2v) is 5.94. The van der Waals surface area contributed by atoms with Crippen molar-refractivity contribution in [3.63, 3.8) is 0 Å². The van der Waals surface area contributed by atoms with Gasteiger partial charge in [-0.1, -0.05) is 30.3 Å². The topological polar surface area (TPSA) is 81.4 Å². The van der Waals surface area contributed by atoms with Gasteiger partial charge in [0, 0.05) is 23.1 Å². The van der Waals surface area contributed by atoms with Gasteiger partial charge < -0.3 is 14.5 Å². The molecule has 0 spiro atoms. The lowest BCUT2D eigenvalue weighted by Gasteiger charge is -2.04. The van der Waals surface area contributed by atoms with Crippen molar-refractivity contribution in [2.75, 3.05) is 6.54 Å². The summed E-state index contributed by atoms with van der Waals surface area (Å²) in [6.07, 6.45) is 1.68. The molecule has 0 aliphatic heterocycles. The van der Waals surface area contributed by atoms with Crippen molar-refractivity contribution in [2.24, 2.45) is 0 Å². The van der Waals surface area contributed by atoms with Crippen LogP contribution in [0.15, 0.2) is 57.8 Å². The Morgan fingerprint density at radius 2 is 2.04 bits per heavy atom. The molecule has 3 rings (SSSR count). The normalized spacial score (nSPS) is 10.4. The van der Waals surface area contributed by atoms with Gasteiger partial charge >= 0.3 is 5.97 Å². The van der Waals surface area contributed by atoms with Gasteiger partial charge in [0.25, 0.3) is 5.91 Å². The smallest absolute Gasteiger partial charge is 0.308 e. The summed E-state index contributed by atoms with van der Waals surface area (Å²) >= 11 is 1.44. The molecule has 0 saturated carbocycles. The van der Waals surface area contributed by atoms with Crippen molar-refractivity contribution in [1.82, 2.24) is 10.3 Å². The van der Waals surface area contributed by atoms with Gasteiger partial charge in [0.2, 0.25) is 5.89 Å². The largest absolute Gasteiger partial charge is 0.456 e. The number of hydrogen-bond acceptors (Lipinski definition) is 6. The Bertz CT molecular complexity index is 828. The van der Waals surface area contributed by atoms with Crippen molar-refractivity contribution in [2.45, 2.75) is 13.0 Å². The van der Waals surface area contributed by atoms with Crippen LogP contribution in [0.25, 0.3) is 11.3 Å². The molecule has 1 N–H and O–H groups in total. The fourth-order valence-corrected chi connectivity index (χ4v) is 2.74. The molecule has 7 heteroatoms. The van der Waals surface area contributed by atoms with Gasteiger partial charge in [-0.3, -0.25) is 9.59 Å². The number of oxazole rings is 1. The van der Waals surface area contributed by atoms with E-state index in [-0.39, 0.29) is 25.5 Å². The molecule has 3 aromatic rings. The van der Waals surface area contributed by atoms with Gasteiger partial charge in [0.1, 0.15) is 0 Å². The number of esters is 1. The molecule has 0 aliphatic carbocycles. The van der Waals surface area contributed by atoms with Crippen LogP contribution in [0.5, 0.6) is 0 Å². The van der Waals surface area contributed by atoms with Crippen molar-refractivity contribution in [3.05, 3.63) is 64.8 Å². The number of ether oxygens (including phenoxy) is 1. The third-order valence-electron chi connectivity index (χ3n) is 3.37. The van der Waals surface area contributed by atoms with Gasteiger partial charge in [-0.25, -0.2) is 4.98 Å². The summed E-state index contributed by atoms with van der Waals surface area (Å²) in [6.45, 7) is 0.179. The number of nitrogens with zero attached hydrogens (tertiary/aromatic N) is 1. The standard InChI is InChI=1S/C18H16N2O4S/c21-17(6-8-19-18(22)14-7-9-25-12-14)23-11-16-20-10-15(24-16)13-4-2-1-3-5-13/h1-5,7,9-10,12H,6,8,11H2,(H,19,22). The zero-order chi connectivity index (χ0) is 17.5. The van der Waals surface area contributed by atoms with Crippen molar-refractivity contribution in [3.8, 4) is 11.3 Å². The van der Waals surface area contributed by atoms with Crippen LogP contribution >= 0.6 is 11.3 Å². The van der Waals surface area contributed by atoms with E-state index in [1.165, 1.54) is 11.3 Å². The molecule has 0 bridgehead atoms. The summed E-state index contributed by atoms with van der Waals surface area (Å²) in [4.78, 5) is 27.5. The van der Waals surface area contributed by atoms with E-state index >= 15 is 0 Å². The molecular weight excluding hydrogens is 340 g/mol. The fourth-order valence-electron chi connectivity index (χ4n) is 2.10. The highest BCUT2D eigenvalue weighted by atomic mass is 32.1. The lowest BCUT2D eigenvalue weighted by molar-refractivity contribution is -0.145. The van der Waals surface area contributed by atoms with Crippen molar-refractivity contribution >= 4 is 23.2 Å². The van der Waals surface area contributed by atoms with Crippen LogP contribution in [0.2, 0.25) is 0 Å². The number of aromatic nitrogens is 1. The first-order valence-corrected chi connectivity index (χ1v) is 8.63. The first kappa shape index (κ1) is 16.9. The fraction of sp³-hybridized carbons (Fsp3) is 0.167. The first-order valence-electron chi connectivity index (χ1n) is 7.68. The number of benzene rings is 1. The minimum Gasteiger partial charge on any atom is -0.456 e. The number of hydrogen-bond donors (Lipinski definition) is 1. The molecule has 2 heterocycles. The molecule has 0 aliphatic rings. The number of rotatable bonds is 7. The number of carbonyl (C=O) groups is 2. The van der Waals surface area contributed by atoms with Crippen LogP contribution in [0.4, 0.5) is 0 Å². The summed E-state index contributed by atoms with van der Waals surface area (Å²) in [7, 11) is 0. The second kappa shape index (κ2) is 8.25. The summed E-state index contributed by atoms with van der Waals surface area (Å²) in [6, 6.07) is 11.3. The summed E-state index contributed by atoms with van der Waals surface area (Å²) in [5.74, 6) is 0.323. The predicted molar refractivity (Wildman–Crippen MR) is 93.0 cm³/mol. The van der Waals surface area contributed by atoms with Gasteiger partial charge in [0.05, 0.1) is 12.6 Å². The highest BCUT2D eigenvalue weighted by Gasteiger charge is 2.10. The van der Waals surface area contributed by atoms with Gasteiger partial charge in [0.15, 0.2) is 12.4 Å². The maximum absolute atomic E-state index is 11.7.